The molecule has 0 amide bonds. The van der Waals surface area contributed by atoms with E-state index in [1.54, 1.807) is 18.5 Å². The van der Waals surface area contributed by atoms with Crippen molar-refractivity contribution in [3.63, 3.8) is 0 Å². The average molecular weight is 440 g/mol. The number of nitrogens with one attached hydrogen (secondary N) is 1. The van der Waals surface area contributed by atoms with E-state index in [1.165, 1.54) is 22.5 Å². The van der Waals surface area contributed by atoms with Gasteiger partial charge in [0.05, 0.1) is 22.9 Å². The van der Waals surface area contributed by atoms with Crippen molar-refractivity contribution in [3.8, 4) is 11.3 Å². The minimum Gasteiger partial charge on any atom is -0.346 e. The summed E-state index contributed by atoms with van der Waals surface area (Å²) in [6.07, 6.45) is 6.23. The summed E-state index contributed by atoms with van der Waals surface area (Å²) in [5.74, 6) is -0.588. The summed E-state index contributed by atoms with van der Waals surface area (Å²) < 4.78 is 43.8. The number of hydrogen-bond donors (Lipinski definition) is 1. The van der Waals surface area contributed by atoms with Crippen LogP contribution >= 0.6 is 0 Å². The van der Waals surface area contributed by atoms with Crippen molar-refractivity contribution in [1.29, 1.82) is 0 Å². The highest BCUT2D eigenvalue weighted by Gasteiger charge is 2.39. The highest BCUT2D eigenvalue weighted by Crippen LogP contribution is 2.32. The molecule has 160 valence electrons. The number of fused-ring (bicyclic) bond motifs is 1. The van der Waals surface area contributed by atoms with E-state index in [0.29, 0.717) is 19.5 Å². The summed E-state index contributed by atoms with van der Waals surface area (Å²) in [5.41, 5.74) is 3.64. The number of pyridine rings is 1. The Morgan fingerprint density at radius 2 is 2.03 bits per heavy atom. The second-order valence-corrected chi connectivity index (χ2v) is 9.87. The Hall–Kier alpha value is -3.04. The van der Waals surface area contributed by atoms with Crippen LogP contribution in [0.1, 0.15) is 13.3 Å². The summed E-state index contributed by atoms with van der Waals surface area (Å²) in [4.78, 5) is 4.44. The zero-order valence-corrected chi connectivity index (χ0v) is 17.8. The number of H-pyrrole nitrogens is 1. The van der Waals surface area contributed by atoms with Crippen molar-refractivity contribution in [3.05, 3.63) is 66.9 Å². The Morgan fingerprint density at radius 1 is 1.19 bits per heavy atom. The Balaban J connectivity index is 1.37. The lowest BCUT2D eigenvalue weighted by atomic mass is 10.1. The van der Waals surface area contributed by atoms with Crippen LogP contribution < -0.4 is 0 Å². The number of halogens is 1. The van der Waals surface area contributed by atoms with Gasteiger partial charge in [-0.25, -0.2) is 17.8 Å². The maximum absolute atomic E-state index is 14.2. The van der Waals surface area contributed by atoms with E-state index < -0.39 is 15.8 Å². The maximum Gasteiger partial charge on any atom is 0.246 e. The summed E-state index contributed by atoms with van der Waals surface area (Å²) in [6.45, 7) is 2.91. The molecule has 0 spiro atoms. The van der Waals surface area contributed by atoms with E-state index >= 15 is 0 Å². The van der Waals surface area contributed by atoms with E-state index in [-0.39, 0.29) is 16.9 Å². The topological polar surface area (TPSA) is 83.9 Å². The fourth-order valence-corrected chi connectivity index (χ4v) is 6.20. The lowest BCUT2D eigenvalue weighted by Crippen LogP contribution is -2.34. The third-order valence-electron chi connectivity index (χ3n) is 5.90. The first-order valence-electron chi connectivity index (χ1n) is 10.1. The van der Waals surface area contributed by atoms with Crippen molar-refractivity contribution in [2.24, 2.45) is 5.92 Å². The molecule has 1 aliphatic heterocycles. The van der Waals surface area contributed by atoms with Gasteiger partial charge in [0.25, 0.3) is 0 Å². The van der Waals surface area contributed by atoms with Gasteiger partial charge in [0.15, 0.2) is 0 Å². The molecule has 2 atom stereocenters. The lowest BCUT2D eigenvalue weighted by molar-refractivity contribution is 0.396. The number of sulfonamides is 1. The molecular weight excluding hydrogens is 417 g/mol. The van der Waals surface area contributed by atoms with Gasteiger partial charge >= 0.3 is 0 Å². The molecule has 1 aromatic carbocycles. The molecule has 0 saturated carbocycles. The molecule has 0 radical (unpaired) electrons. The quantitative estimate of drug-likeness (QED) is 0.514. The number of hydrogen-bond acceptors (Lipinski definition) is 4. The largest absolute Gasteiger partial charge is 0.346 e. The summed E-state index contributed by atoms with van der Waals surface area (Å²) in [7, 11) is -3.88. The molecule has 0 unspecified atom stereocenters. The second kappa shape index (κ2) is 7.58. The third-order valence-corrected chi connectivity index (χ3v) is 7.91. The number of aromatic amines is 1. The van der Waals surface area contributed by atoms with Crippen LogP contribution in [0, 0.1) is 11.7 Å². The van der Waals surface area contributed by atoms with Crippen LogP contribution in [-0.2, 0) is 16.6 Å². The molecule has 0 aliphatic carbocycles. The van der Waals surface area contributed by atoms with Crippen LogP contribution in [0.15, 0.2) is 66.0 Å². The van der Waals surface area contributed by atoms with E-state index in [9.17, 15) is 12.8 Å². The molecule has 3 aromatic heterocycles. The summed E-state index contributed by atoms with van der Waals surface area (Å²) >= 11 is 0. The van der Waals surface area contributed by atoms with Gasteiger partial charge in [-0.2, -0.15) is 9.40 Å². The van der Waals surface area contributed by atoms with Gasteiger partial charge < -0.3 is 4.57 Å². The van der Waals surface area contributed by atoms with E-state index in [0.717, 1.165) is 22.3 Å². The molecule has 7 nitrogen and oxygen atoms in total. The zero-order valence-electron chi connectivity index (χ0n) is 16.9. The van der Waals surface area contributed by atoms with Crippen LogP contribution in [0.3, 0.4) is 0 Å². The highest BCUT2D eigenvalue weighted by atomic mass is 32.2. The smallest absolute Gasteiger partial charge is 0.246 e. The number of rotatable bonds is 5. The summed E-state index contributed by atoms with van der Waals surface area (Å²) in [5, 5.41) is 6.76. The highest BCUT2D eigenvalue weighted by molar-refractivity contribution is 7.89. The first-order chi connectivity index (χ1) is 14.9. The Morgan fingerprint density at radius 3 is 2.81 bits per heavy atom. The monoisotopic (exact) mass is 439 g/mol. The van der Waals surface area contributed by atoms with Crippen molar-refractivity contribution in [2.75, 3.05) is 6.54 Å². The van der Waals surface area contributed by atoms with Crippen molar-refractivity contribution in [1.82, 2.24) is 24.1 Å². The third kappa shape index (κ3) is 3.53. The Bertz CT molecular complexity index is 1330. The fraction of sp³-hybridized carbons (Fsp3) is 0.273. The van der Waals surface area contributed by atoms with Gasteiger partial charge in [-0.15, -0.1) is 0 Å². The van der Waals surface area contributed by atoms with Crippen LogP contribution in [0.4, 0.5) is 4.39 Å². The van der Waals surface area contributed by atoms with Gasteiger partial charge in [0, 0.05) is 37.1 Å². The van der Waals surface area contributed by atoms with Gasteiger partial charge in [-0.1, -0.05) is 12.1 Å². The minimum absolute atomic E-state index is 0.126. The van der Waals surface area contributed by atoms with Crippen molar-refractivity contribution >= 4 is 21.1 Å². The average Bonchev–Trinajstić information content (AvgIpc) is 3.49. The maximum atomic E-state index is 14.2. The van der Waals surface area contributed by atoms with E-state index in [4.69, 9.17) is 4.98 Å². The van der Waals surface area contributed by atoms with Gasteiger partial charge in [-0.05, 0) is 49.6 Å². The summed E-state index contributed by atoms with van der Waals surface area (Å²) in [6, 6.07) is 11.3. The van der Waals surface area contributed by atoms with Crippen molar-refractivity contribution in [2.45, 2.75) is 30.8 Å². The van der Waals surface area contributed by atoms with Crippen molar-refractivity contribution < 1.29 is 12.8 Å². The van der Waals surface area contributed by atoms with Crippen LogP contribution in [0.2, 0.25) is 0 Å². The molecule has 4 heterocycles. The Labute approximate surface area is 179 Å². The molecule has 9 heteroatoms. The van der Waals surface area contributed by atoms with Gasteiger partial charge in [-0.3, -0.25) is 5.10 Å². The predicted molar refractivity (Wildman–Crippen MR) is 115 cm³/mol. The fourth-order valence-electron chi connectivity index (χ4n) is 4.42. The predicted octanol–water partition coefficient (Wildman–Crippen LogP) is 3.66. The molecule has 1 N–H and O–H groups in total. The van der Waals surface area contributed by atoms with E-state index in [1.807, 2.05) is 31.3 Å². The second-order valence-electron chi connectivity index (χ2n) is 8.01. The Kier molecular flexibility index (Phi) is 4.86. The first kappa shape index (κ1) is 19.9. The lowest BCUT2D eigenvalue weighted by Gasteiger charge is -2.21. The van der Waals surface area contributed by atoms with Crippen LogP contribution in [0.5, 0.6) is 0 Å². The van der Waals surface area contributed by atoms with E-state index in [2.05, 4.69) is 14.8 Å². The molecule has 1 fully saturated rings. The normalized spacial score (nSPS) is 19.9. The minimum atomic E-state index is -3.88. The number of benzene rings is 1. The number of nitrogens with zero attached hydrogens (tertiary/aromatic N) is 4. The molecular formula is C22H22FN5O2S. The van der Waals surface area contributed by atoms with Crippen LogP contribution in [-0.4, -0.2) is 45.1 Å². The molecule has 1 saturated heterocycles. The van der Waals surface area contributed by atoms with Gasteiger partial charge in [0.1, 0.15) is 10.7 Å². The standard InChI is InChI=1S/C22H22FN5O2S/c1-15-10-16(14-28(15)31(29,30)22-5-3-2-4-18(22)23)13-27-9-8-20-21(27)7-6-19(26-20)17-11-24-25-12-17/h2-9,11-12,15-16H,10,13-14H2,1H3,(H,24,25)/t15-,16-/m0/s1. The molecule has 4 aromatic rings. The van der Waals surface area contributed by atoms with Crippen LogP contribution in [0.25, 0.3) is 22.3 Å². The molecule has 5 rings (SSSR count). The molecule has 0 bridgehead atoms. The van der Waals surface area contributed by atoms with Gasteiger partial charge in [0.2, 0.25) is 10.0 Å². The SMILES string of the molecule is C[C@H]1C[C@@H](Cn2ccc3nc(-c4cn[nH]c4)ccc32)CN1S(=O)(=O)c1ccccc1F. The molecule has 31 heavy (non-hydrogen) atoms. The molecule has 1 aliphatic rings. The zero-order chi connectivity index (χ0) is 21.6. The first-order valence-corrected chi connectivity index (χ1v) is 11.6. The number of aromatic nitrogens is 4.